The van der Waals surface area contributed by atoms with Crippen LogP contribution in [0.1, 0.15) is 0 Å². The van der Waals surface area contributed by atoms with E-state index in [0.29, 0.717) is 0 Å². The van der Waals surface area contributed by atoms with Gasteiger partial charge in [-0.15, -0.1) is 0 Å². The van der Waals surface area contributed by atoms with Crippen LogP contribution in [0.3, 0.4) is 0 Å². The zero-order chi connectivity index (χ0) is 12.4. The van der Waals surface area contributed by atoms with Crippen LogP contribution in [0, 0.1) is 5.82 Å². The first kappa shape index (κ1) is 10.7. The van der Waals surface area contributed by atoms with Crippen LogP contribution in [0.4, 0.5) is 4.39 Å². The third kappa shape index (κ3) is 2.02. The lowest BCUT2D eigenvalue weighted by Crippen LogP contribution is -1.77. The summed E-state index contributed by atoms with van der Waals surface area (Å²) < 4.78 is 12.9. The van der Waals surface area contributed by atoms with Crippen LogP contribution in [-0.2, 0) is 0 Å². The minimum Gasteiger partial charge on any atom is -0.361 e. The molecule has 2 nitrogen and oxygen atoms in total. The van der Waals surface area contributed by atoms with E-state index in [1.54, 1.807) is 24.5 Å². The van der Waals surface area contributed by atoms with Crippen molar-refractivity contribution >= 4 is 0 Å². The SMILES string of the molecule is Fc1ccc(-c2cc(-c3ccncc3)c[nH]2)cc1. The van der Waals surface area contributed by atoms with Gasteiger partial charge in [0.05, 0.1) is 0 Å². The van der Waals surface area contributed by atoms with Gasteiger partial charge in [0.2, 0.25) is 0 Å². The lowest BCUT2D eigenvalue weighted by atomic mass is 10.1. The van der Waals surface area contributed by atoms with Crippen molar-refractivity contribution in [2.75, 3.05) is 0 Å². The van der Waals surface area contributed by atoms with E-state index in [1.807, 2.05) is 24.4 Å². The predicted octanol–water partition coefficient (Wildman–Crippen LogP) is 3.88. The number of aromatic nitrogens is 2. The maximum atomic E-state index is 12.9. The van der Waals surface area contributed by atoms with Crippen molar-refractivity contribution in [3.8, 4) is 22.4 Å². The molecule has 3 aromatic rings. The lowest BCUT2D eigenvalue weighted by Gasteiger charge is -1.97. The van der Waals surface area contributed by atoms with Crippen LogP contribution in [0.15, 0.2) is 61.1 Å². The molecule has 0 spiro atoms. The number of halogens is 1. The van der Waals surface area contributed by atoms with Gasteiger partial charge in [-0.25, -0.2) is 4.39 Å². The Bertz CT molecular complexity index is 642. The summed E-state index contributed by atoms with van der Waals surface area (Å²) in [5, 5.41) is 0. The van der Waals surface area contributed by atoms with Crippen molar-refractivity contribution in [2.24, 2.45) is 0 Å². The fourth-order valence-electron chi connectivity index (χ4n) is 1.90. The van der Waals surface area contributed by atoms with Gasteiger partial charge in [0.25, 0.3) is 0 Å². The second-order valence-corrected chi connectivity index (χ2v) is 4.04. The van der Waals surface area contributed by atoms with Crippen LogP contribution < -0.4 is 0 Å². The number of H-pyrrole nitrogens is 1. The Morgan fingerprint density at radius 2 is 1.56 bits per heavy atom. The Balaban J connectivity index is 1.97. The van der Waals surface area contributed by atoms with Gasteiger partial charge in [-0.3, -0.25) is 4.98 Å². The molecule has 0 aliphatic heterocycles. The van der Waals surface area contributed by atoms with E-state index in [0.717, 1.165) is 22.4 Å². The molecule has 0 aliphatic carbocycles. The first-order chi connectivity index (χ1) is 8.83. The van der Waals surface area contributed by atoms with Crippen molar-refractivity contribution in [1.29, 1.82) is 0 Å². The molecular formula is C15H11FN2. The normalized spacial score (nSPS) is 10.5. The number of hydrogen-bond donors (Lipinski definition) is 1. The van der Waals surface area contributed by atoms with Gasteiger partial charge in [0.15, 0.2) is 0 Å². The molecule has 1 N–H and O–H groups in total. The summed E-state index contributed by atoms with van der Waals surface area (Å²) in [6.45, 7) is 0. The van der Waals surface area contributed by atoms with Gasteiger partial charge in [-0.2, -0.15) is 0 Å². The van der Waals surface area contributed by atoms with E-state index in [1.165, 1.54) is 12.1 Å². The molecule has 18 heavy (non-hydrogen) atoms. The van der Waals surface area contributed by atoms with Gasteiger partial charge in [0.1, 0.15) is 5.82 Å². The first-order valence-electron chi connectivity index (χ1n) is 5.68. The molecular weight excluding hydrogens is 227 g/mol. The molecule has 88 valence electrons. The molecule has 3 heteroatoms. The molecule has 1 aromatic carbocycles. The van der Waals surface area contributed by atoms with E-state index in [9.17, 15) is 4.39 Å². The fraction of sp³-hybridized carbons (Fsp3) is 0. The van der Waals surface area contributed by atoms with E-state index in [4.69, 9.17) is 0 Å². The highest BCUT2D eigenvalue weighted by molar-refractivity contribution is 5.71. The first-order valence-corrected chi connectivity index (χ1v) is 5.68. The maximum Gasteiger partial charge on any atom is 0.123 e. The molecule has 0 aliphatic rings. The molecule has 0 atom stereocenters. The minimum absolute atomic E-state index is 0.223. The fourth-order valence-corrected chi connectivity index (χ4v) is 1.90. The number of aromatic amines is 1. The summed E-state index contributed by atoms with van der Waals surface area (Å²) in [5.41, 5.74) is 4.14. The number of hydrogen-bond acceptors (Lipinski definition) is 1. The summed E-state index contributed by atoms with van der Waals surface area (Å²) in [5.74, 6) is -0.223. The van der Waals surface area contributed by atoms with Gasteiger partial charge >= 0.3 is 0 Å². The highest BCUT2D eigenvalue weighted by Gasteiger charge is 2.03. The van der Waals surface area contributed by atoms with Crippen molar-refractivity contribution in [3.63, 3.8) is 0 Å². The maximum absolute atomic E-state index is 12.9. The zero-order valence-corrected chi connectivity index (χ0v) is 9.60. The quantitative estimate of drug-likeness (QED) is 0.721. The Hall–Kier alpha value is -2.42. The summed E-state index contributed by atoms with van der Waals surface area (Å²) in [4.78, 5) is 7.19. The van der Waals surface area contributed by atoms with Crippen LogP contribution >= 0.6 is 0 Å². The van der Waals surface area contributed by atoms with E-state index >= 15 is 0 Å². The van der Waals surface area contributed by atoms with Crippen LogP contribution in [0.25, 0.3) is 22.4 Å². The van der Waals surface area contributed by atoms with Crippen molar-refractivity contribution in [2.45, 2.75) is 0 Å². The van der Waals surface area contributed by atoms with Crippen molar-refractivity contribution in [3.05, 3.63) is 66.9 Å². The summed E-state index contributed by atoms with van der Waals surface area (Å²) >= 11 is 0. The molecule has 2 heterocycles. The summed E-state index contributed by atoms with van der Waals surface area (Å²) in [6.07, 6.45) is 5.47. The Labute approximate surface area is 104 Å². The Kier molecular flexibility index (Phi) is 2.65. The second kappa shape index (κ2) is 4.45. The minimum atomic E-state index is -0.223. The third-order valence-electron chi connectivity index (χ3n) is 2.85. The van der Waals surface area contributed by atoms with Gasteiger partial charge in [-0.05, 0) is 59.2 Å². The average Bonchev–Trinajstić information content (AvgIpc) is 2.90. The van der Waals surface area contributed by atoms with E-state index in [2.05, 4.69) is 9.97 Å². The van der Waals surface area contributed by atoms with E-state index < -0.39 is 0 Å². The molecule has 0 saturated carbocycles. The average molecular weight is 238 g/mol. The standard InChI is InChI=1S/C15H11FN2/c16-14-3-1-12(2-4-14)15-9-13(10-18-15)11-5-7-17-8-6-11/h1-10,18H. The molecule has 0 amide bonds. The number of nitrogens with zero attached hydrogens (tertiary/aromatic N) is 1. The topological polar surface area (TPSA) is 28.7 Å². The largest absolute Gasteiger partial charge is 0.361 e. The molecule has 3 rings (SSSR count). The molecule has 2 aromatic heterocycles. The van der Waals surface area contributed by atoms with Crippen molar-refractivity contribution in [1.82, 2.24) is 9.97 Å². The van der Waals surface area contributed by atoms with Crippen LogP contribution in [0.2, 0.25) is 0 Å². The predicted molar refractivity (Wildman–Crippen MR) is 69.4 cm³/mol. The molecule has 0 saturated heterocycles. The number of rotatable bonds is 2. The molecule has 0 fully saturated rings. The Morgan fingerprint density at radius 3 is 2.28 bits per heavy atom. The third-order valence-corrected chi connectivity index (χ3v) is 2.85. The van der Waals surface area contributed by atoms with Gasteiger partial charge in [-0.1, -0.05) is 0 Å². The number of benzene rings is 1. The molecule has 0 unspecified atom stereocenters. The molecule has 0 bridgehead atoms. The summed E-state index contributed by atoms with van der Waals surface area (Å²) in [7, 11) is 0. The zero-order valence-electron chi connectivity index (χ0n) is 9.60. The summed E-state index contributed by atoms with van der Waals surface area (Å²) in [6, 6.07) is 12.4. The Morgan fingerprint density at radius 1 is 0.833 bits per heavy atom. The van der Waals surface area contributed by atoms with Crippen LogP contribution in [-0.4, -0.2) is 9.97 Å². The number of nitrogens with one attached hydrogen (secondary N) is 1. The monoisotopic (exact) mass is 238 g/mol. The van der Waals surface area contributed by atoms with Crippen LogP contribution in [0.5, 0.6) is 0 Å². The van der Waals surface area contributed by atoms with Gasteiger partial charge < -0.3 is 4.98 Å². The highest BCUT2D eigenvalue weighted by atomic mass is 19.1. The smallest absolute Gasteiger partial charge is 0.123 e. The second-order valence-electron chi connectivity index (χ2n) is 4.04. The van der Waals surface area contributed by atoms with Crippen molar-refractivity contribution < 1.29 is 4.39 Å². The van der Waals surface area contributed by atoms with E-state index in [-0.39, 0.29) is 5.82 Å². The molecule has 0 radical (unpaired) electrons. The highest BCUT2D eigenvalue weighted by Crippen LogP contribution is 2.25. The van der Waals surface area contributed by atoms with Gasteiger partial charge in [0, 0.05) is 24.3 Å². The lowest BCUT2D eigenvalue weighted by molar-refractivity contribution is 0.628. The number of pyridine rings is 1.